The molecule has 0 aliphatic rings. The molecule has 2 N–H and O–H groups in total. The molecule has 0 amide bonds. The molecule has 0 fully saturated rings. The van der Waals surface area contributed by atoms with E-state index in [1.165, 1.54) is 11.1 Å². The smallest absolute Gasteiger partial charge is 0.225 e. The maximum Gasteiger partial charge on any atom is 0.225 e. The third-order valence-electron chi connectivity index (χ3n) is 3.58. The van der Waals surface area contributed by atoms with Gasteiger partial charge in [0.2, 0.25) is 5.95 Å². The molecule has 0 aliphatic heterocycles. The van der Waals surface area contributed by atoms with Crippen molar-refractivity contribution in [1.82, 2.24) is 9.97 Å². The van der Waals surface area contributed by atoms with Crippen LogP contribution >= 0.6 is 0 Å². The molecule has 0 unspecified atom stereocenters. The van der Waals surface area contributed by atoms with Gasteiger partial charge >= 0.3 is 0 Å². The first kappa shape index (κ1) is 15.1. The largest absolute Gasteiger partial charge is 0.467 e. The normalized spacial score (nSPS) is 10.5. The standard InChI is InChI=1S/C18H20N4O/c1-13-6-3-4-7-15(13)11-20-18-21-14(2)10-17(22-18)19-12-16-8-5-9-23-16/h3-10H,11-12H2,1-2H3,(H2,19,20,21,22). The maximum atomic E-state index is 5.31. The predicted octanol–water partition coefficient (Wildman–Crippen LogP) is 3.91. The van der Waals surface area contributed by atoms with E-state index in [-0.39, 0.29) is 0 Å². The average molecular weight is 308 g/mol. The van der Waals surface area contributed by atoms with Crippen molar-refractivity contribution in [3.8, 4) is 0 Å². The number of nitrogens with one attached hydrogen (secondary N) is 2. The molecule has 2 heterocycles. The lowest BCUT2D eigenvalue weighted by Crippen LogP contribution is -2.08. The lowest BCUT2D eigenvalue weighted by atomic mass is 10.1. The van der Waals surface area contributed by atoms with Crippen molar-refractivity contribution in [2.45, 2.75) is 26.9 Å². The summed E-state index contributed by atoms with van der Waals surface area (Å²) in [5.41, 5.74) is 3.40. The van der Waals surface area contributed by atoms with Crippen molar-refractivity contribution in [2.24, 2.45) is 0 Å². The van der Waals surface area contributed by atoms with E-state index in [0.29, 0.717) is 19.0 Å². The summed E-state index contributed by atoms with van der Waals surface area (Å²) in [6.07, 6.45) is 1.66. The van der Waals surface area contributed by atoms with Crippen LogP contribution in [0.5, 0.6) is 0 Å². The topological polar surface area (TPSA) is 63.0 Å². The fourth-order valence-corrected chi connectivity index (χ4v) is 2.31. The Bertz CT molecular complexity index is 768. The minimum absolute atomic E-state index is 0.598. The molecular formula is C18H20N4O. The fourth-order valence-electron chi connectivity index (χ4n) is 2.31. The van der Waals surface area contributed by atoms with Crippen LogP contribution in [0.2, 0.25) is 0 Å². The Morgan fingerprint density at radius 3 is 2.61 bits per heavy atom. The second-order valence-corrected chi connectivity index (χ2v) is 5.43. The highest BCUT2D eigenvalue weighted by Gasteiger charge is 2.04. The number of aromatic nitrogens is 2. The summed E-state index contributed by atoms with van der Waals surface area (Å²) in [7, 11) is 0. The Morgan fingerprint density at radius 1 is 0.957 bits per heavy atom. The van der Waals surface area contributed by atoms with E-state index in [4.69, 9.17) is 4.42 Å². The van der Waals surface area contributed by atoms with Crippen molar-refractivity contribution in [2.75, 3.05) is 10.6 Å². The van der Waals surface area contributed by atoms with E-state index in [1.54, 1.807) is 6.26 Å². The Morgan fingerprint density at radius 2 is 1.83 bits per heavy atom. The Labute approximate surface area is 135 Å². The van der Waals surface area contributed by atoms with E-state index < -0.39 is 0 Å². The van der Waals surface area contributed by atoms with Crippen molar-refractivity contribution in [3.63, 3.8) is 0 Å². The number of aryl methyl sites for hydroxylation is 2. The third kappa shape index (κ3) is 4.10. The molecule has 0 saturated heterocycles. The SMILES string of the molecule is Cc1cc(NCc2ccco2)nc(NCc2ccccc2C)n1. The number of anilines is 2. The highest BCUT2D eigenvalue weighted by molar-refractivity contribution is 5.43. The number of furan rings is 1. The van der Waals surface area contributed by atoms with Crippen molar-refractivity contribution < 1.29 is 4.42 Å². The van der Waals surface area contributed by atoms with Gasteiger partial charge in [-0.1, -0.05) is 24.3 Å². The van der Waals surface area contributed by atoms with Gasteiger partial charge in [0.05, 0.1) is 12.8 Å². The molecule has 5 heteroatoms. The first-order valence-electron chi connectivity index (χ1n) is 7.61. The van der Waals surface area contributed by atoms with Crippen LogP contribution in [0.15, 0.2) is 53.1 Å². The van der Waals surface area contributed by atoms with E-state index in [2.05, 4.69) is 39.7 Å². The molecule has 3 rings (SSSR count). The minimum Gasteiger partial charge on any atom is -0.467 e. The first-order chi connectivity index (χ1) is 11.2. The molecular weight excluding hydrogens is 288 g/mol. The zero-order chi connectivity index (χ0) is 16.1. The lowest BCUT2D eigenvalue weighted by molar-refractivity contribution is 0.518. The summed E-state index contributed by atoms with van der Waals surface area (Å²) >= 11 is 0. The zero-order valence-electron chi connectivity index (χ0n) is 13.3. The van der Waals surface area contributed by atoms with Crippen LogP contribution in [-0.2, 0) is 13.1 Å². The van der Waals surface area contributed by atoms with Crippen LogP contribution < -0.4 is 10.6 Å². The molecule has 0 aliphatic carbocycles. The van der Waals surface area contributed by atoms with Crippen LogP contribution in [0.25, 0.3) is 0 Å². The zero-order valence-corrected chi connectivity index (χ0v) is 13.3. The van der Waals surface area contributed by atoms with Crippen LogP contribution in [0.3, 0.4) is 0 Å². The monoisotopic (exact) mass is 308 g/mol. The summed E-state index contributed by atoms with van der Waals surface area (Å²) < 4.78 is 5.31. The van der Waals surface area contributed by atoms with E-state index >= 15 is 0 Å². The van der Waals surface area contributed by atoms with Gasteiger partial charge in [-0.25, -0.2) is 4.98 Å². The molecule has 2 aromatic heterocycles. The summed E-state index contributed by atoms with van der Waals surface area (Å²) in [4.78, 5) is 8.94. The first-order valence-corrected chi connectivity index (χ1v) is 7.61. The predicted molar refractivity (Wildman–Crippen MR) is 91.3 cm³/mol. The molecule has 23 heavy (non-hydrogen) atoms. The molecule has 1 aromatic carbocycles. The van der Waals surface area contributed by atoms with Crippen LogP contribution in [0.1, 0.15) is 22.6 Å². The van der Waals surface area contributed by atoms with Crippen LogP contribution in [-0.4, -0.2) is 9.97 Å². The van der Waals surface area contributed by atoms with Gasteiger partial charge in [-0.15, -0.1) is 0 Å². The number of nitrogens with zero attached hydrogens (tertiary/aromatic N) is 2. The number of hydrogen-bond acceptors (Lipinski definition) is 5. The van der Waals surface area contributed by atoms with Gasteiger partial charge in [0.25, 0.3) is 0 Å². The molecule has 0 radical (unpaired) electrons. The van der Waals surface area contributed by atoms with Crippen LogP contribution in [0.4, 0.5) is 11.8 Å². The quantitative estimate of drug-likeness (QED) is 0.723. The third-order valence-corrected chi connectivity index (χ3v) is 3.58. The second-order valence-electron chi connectivity index (χ2n) is 5.43. The van der Waals surface area contributed by atoms with E-state index in [1.807, 2.05) is 37.3 Å². The summed E-state index contributed by atoms with van der Waals surface area (Å²) in [5.74, 6) is 2.27. The summed E-state index contributed by atoms with van der Waals surface area (Å²) in [6.45, 7) is 5.36. The van der Waals surface area contributed by atoms with Crippen molar-refractivity contribution in [1.29, 1.82) is 0 Å². The van der Waals surface area contributed by atoms with E-state index in [0.717, 1.165) is 17.3 Å². The van der Waals surface area contributed by atoms with Crippen molar-refractivity contribution in [3.05, 3.63) is 71.3 Å². The summed E-state index contributed by atoms with van der Waals surface area (Å²) in [5, 5.41) is 6.54. The van der Waals surface area contributed by atoms with Gasteiger partial charge in [-0.05, 0) is 37.1 Å². The van der Waals surface area contributed by atoms with Gasteiger partial charge in [0, 0.05) is 18.3 Å². The van der Waals surface area contributed by atoms with Crippen molar-refractivity contribution >= 4 is 11.8 Å². The molecule has 0 bridgehead atoms. The Hall–Kier alpha value is -2.82. The second kappa shape index (κ2) is 6.96. The average Bonchev–Trinajstić information content (AvgIpc) is 3.05. The van der Waals surface area contributed by atoms with Gasteiger partial charge in [0.1, 0.15) is 11.6 Å². The van der Waals surface area contributed by atoms with Gasteiger partial charge in [0.15, 0.2) is 0 Å². The van der Waals surface area contributed by atoms with Gasteiger partial charge in [-0.3, -0.25) is 0 Å². The molecule has 0 atom stereocenters. The lowest BCUT2D eigenvalue weighted by Gasteiger charge is -2.10. The Balaban J connectivity index is 1.66. The maximum absolute atomic E-state index is 5.31. The van der Waals surface area contributed by atoms with Crippen LogP contribution in [0, 0.1) is 13.8 Å². The molecule has 0 spiro atoms. The molecule has 118 valence electrons. The number of rotatable bonds is 6. The Kier molecular flexibility index (Phi) is 4.57. The summed E-state index contributed by atoms with van der Waals surface area (Å²) in [6, 6.07) is 14.0. The van der Waals surface area contributed by atoms with Gasteiger partial charge in [-0.2, -0.15) is 4.98 Å². The number of hydrogen-bond donors (Lipinski definition) is 2. The molecule has 0 saturated carbocycles. The number of benzene rings is 1. The highest BCUT2D eigenvalue weighted by Crippen LogP contribution is 2.13. The van der Waals surface area contributed by atoms with E-state index in [9.17, 15) is 0 Å². The fraction of sp³-hybridized carbons (Fsp3) is 0.222. The minimum atomic E-state index is 0.598. The van der Waals surface area contributed by atoms with Gasteiger partial charge < -0.3 is 15.1 Å². The molecule has 3 aromatic rings. The highest BCUT2D eigenvalue weighted by atomic mass is 16.3. The molecule has 5 nitrogen and oxygen atoms in total.